The Labute approximate surface area is 377 Å². The molecule has 0 saturated heterocycles. The fraction of sp³-hybridized carbons (Fsp3) is 0.667. The Bertz CT molecular complexity index is 1670. The average molecular weight is 897 g/mol. The van der Waals surface area contributed by atoms with Crippen molar-refractivity contribution < 1.29 is 76.3 Å². The topological polar surface area (TPSA) is 210 Å². The molecule has 0 bridgehead atoms. The van der Waals surface area contributed by atoms with Gasteiger partial charge in [0.1, 0.15) is 0 Å². The van der Waals surface area contributed by atoms with Crippen molar-refractivity contribution in [2.45, 2.75) is 132 Å². The number of carbonyl (C=O) groups excluding carboxylic acids is 8. The summed E-state index contributed by atoms with van der Waals surface area (Å²) < 4.78 is 42.7. The normalized spacial score (nSPS) is 16.9. The molecule has 0 aromatic carbocycles. The van der Waals surface area contributed by atoms with E-state index in [9.17, 15) is 38.4 Å². The van der Waals surface area contributed by atoms with Gasteiger partial charge < -0.3 is 37.9 Å². The van der Waals surface area contributed by atoms with Crippen molar-refractivity contribution in [3.63, 3.8) is 0 Å². The van der Waals surface area contributed by atoms with Gasteiger partial charge in [-0.1, -0.05) is 0 Å². The summed E-state index contributed by atoms with van der Waals surface area (Å²) in [6.07, 6.45) is -2.62. The molecule has 0 spiro atoms. The Hall–Kier alpha value is -6.00. The monoisotopic (exact) mass is 896 g/mol. The highest BCUT2D eigenvalue weighted by Crippen LogP contribution is 2.36. The Morgan fingerprint density at radius 3 is 0.672 bits per heavy atom. The van der Waals surface area contributed by atoms with Crippen LogP contribution in [0.5, 0.6) is 0 Å². The SMILES string of the molecule is CCOC(=O)C1(C(=O)OCC)CC#CCCCC(C(=O)OCC)(C(=O)OCC)CC#CCC(C(=O)OCC)(C(=O)OCC)CC#CCCCC(C(=O)OCC)(C(=O)OCC)CC#CC1. The van der Waals surface area contributed by atoms with E-state index in [1.807, 2.05) is 0 Å². The van der Waals surface area contributed by atoms with E-state index in [-0.39, 0.29) is 91.4 Å². The van der Waals surface area contributed by atoms with Crippen LogP contribution in [0.1, 0.15) is 132 Å². The third-order valence-corrected chi connectivity index (χ3v) is 9.98. The maximum Gasteiger partial charge on any atom is 0.325 e. The van der Waals surface area contributed by atoms with Crippen LogP contribution in [-0.4, -0.2) is 101 Å². The molecule has 16 heteroatoms. The molecule has 0 aromatic heterocycles. The summed E-state index contributed by atoms with van der Waals surface area (Å²) in [6, 6.07) is 0. The van der Waals surface area contributed by atoms with Crippen LogP contribution in [0.25, 0.3) is 0 Å². The van der Waals surface area contributed by atoms with Gasteiger partial charge in [-0.2, -0.15) is 0 Å². The minimum Gasteiger partial charge on any atom is -0.465 e. The van der Waals surface area contributed by atoms with E-state index in [0.29, 0.717) is 0 Å². The van der Waals surface area contributed by atoms with Crippen molar-refractivity contribution in [1.82, 2.24) is 0 Å². The highest BCUT2D eigenvalue weighted by atomic mass is 16.6. The van der Waals surface area contributed by atoms with E-state index in [0.717, 1.165) is 0 Å². The Balaban J connectivity index is 4.18. The third-order valence-electron chi connectivity index (χ3n) is 9.98. The Morgan fingerprint density at radius 2 is 0.469 bits per heavy atom. The summed E-state index contributed by atoms with van der Waals surface area (Å²) in [7, 11) is 0. The molecule has 0 radical (unpaired) electrons. The molecule has 64 heavy (non-hydrogen) atoms. The second-order valence-electron chi connectivity index (χ2n) is 14.3. The first kappa shape index (κ1) is 56.0. The van der Waals surface area contributed by atoms with Gasteiger partial charge in [-0.3, -0.25) is 38.4 Å². The quantitative estimate of drug-likeness (QED) is 0.0849. The number of hydrogen-bond acceptors (Lipinski definition) is 16. The lowest BCUT2D eigenvalue weighted by atomic mass is 9.78. The molecule has 0 amide bonds. The van der Waals surface area contributed by atoms with Crippen molar-refractivity contribution >= 4 is 47.8 Å². The molecule has 1 aliphatic rings. The Kier molecular flexibility index (Phi) is 25.7. The number of esters is 8. The summed E-state index contributed by atoms with van der Waals surface area (Å²) in [4.78, 5) is 109. The van der Waals surface area contributed by atoms with E-state index in [1.165, 1.54) is 0 Å². The first-order chi connectivity index (χ1) is 30.7. The lowest BCUT2D eigenvalue weighted by Gasteiger charge is -2.28. The summed E-state index contributed by atoms with van der Waals surface area (Å²) in [5.41, 5.74) is -7.96. The van der Waals surface area contributed by atoms with Gasteiger partial charge >= 0.3 is 47.8 Å². The molecule has 1 aliphatic carbocycles. The molecule has 0 atom stereocenters. The smallest absolute Gasteiger partial charge is 0.325 e. The van der Waals surface area contributed by atoms with Crippen molar-refractivity contribution in [3.05, 3.63) is 0 Å². The van der Waals surface area contributed by atoms with Gasteiger partial charge in [0.2, 0.25) is 0 Å². The molecule has 0 unspecified atom stereocenters. The molecular weight excluding hydrogens is 833 g/mol. The number of rotatable bonds is 16. The highest BCUT2D eigenvalue weighted by Gasteiger charge is 2.51. The second-order valence-corrected chi connectivity index (χ2v) is 14.3. The zero-order valence-corrected chi connectivity index (χ0v) is 38.7. The van der Waals surface area contributed by atoms with Crippen LogP contribution < -0.4 is 0 Å². The van der Waals surface area contributed by atoms with Crippen LogP contribution in [0.15, 0.2) is 0 Å². The first-order valence-corrected chi connectivity index (χ1v) is 21.9. The minimum absolute atomic E-state index is 0.0521. The predicted molar refractivity (Wildman–Crippen MR) is 229 cm³/mol. The summed E-state index contributed by atoms with van der Waals surface area (Å²) in [5, 5.41) is 0. The first-order valence-electron chi connectivity index (χ1n) is 21.9. The van der Waals surface area contributed by atoms with Gasteiger partial charge in [-0.05, 0) is 81.1 Å². The van der Waals surface area contributed by atoms with Gasteiger partial charge in [-0.25, -0.2) is 0 Å². The molecule has 0 aromatic rings. The Morgan fingerprint density at radius 1 is 0.297 bits per heavy atom. The molecule has 0 saturated carbocycles. The predicted octanol–water partition coefficient (Wildman–Crippen LogP) is 5.15. The standard InChI is InChI=1S/C48H64O16/c1-9-57-37(49)45(38(50)58-10-2)29-21-17-18-22-30-47(41(53)61-13-5,42(54)62-14-6)35-27-28-36-48(43(55)63-15-7,44(56)64-16-8)32-24-20-19-23-31-46(34-26-25-33-45,39(51)59-11-3)40(52)60-12-4/h9-17,20-21,24,29-36H2,1-8H3. The van der Waals surface area contributed by atoms with Crippen LogP contribution in [-0.2, 0) is 76.3 Å². The highest BCUT2D eigenvalue weighted by molar-refractivity contribution is 6.03. The third kappa shape index (κ3) is 15.1. The molecule has 352 valence electrons. The molecular formula is C48H64O16. The largest absolute Gasteiger partial charge is 0.465 e. The number of carbonyl (C=O) groups is 8. The van der Waals surface area contributed by atoms with E-state index < -0.39 is 108 Å². The fourth-order valence-electron chi connectivity index (χ4n) is 6.48. The van der Waals surface area contributed by atoms with Gasteiger partial charge in [0.15, 0.2) is 21.7 Å². The zero-order chi connectivity index (χ0) is 48.1. The average Bonchev–Trinajstić information content (AvgIpc) is 3.26. The van der Waals surface area contributed by atoms with Crippen LogP contribution in [0.4, 0.5) is 0 Å². The van der Waals surface area contributed by atoms with Crippen molar-refractivity contribution in [1.29, 1.82) is 0 Å². The van der Waals surface area contributed by atoms with Crippen LogP contribution in [0.3, 0.4) is 0 Å². The lowest BCUT2D eigenvalue weighted by molar-refractivity contribution is -0.174. The maximum atomic E-state index is 13.6. The lowest BCUT2D eigenvalue weighted by Crippen LogP contribution is -2.42. The van der Waals surface area contributed by atoms with Crippen molar-refractivity contribution in [2.24, 2.45) is 21.7 Å². The van der Waals surface area contributed by atoms with Gasteiger partial charge in [-0.15, -0.1) is 47.4 Å². The summed E-state index contributed by atoms with van der Waals surface area (Å²) in [6.45, 7) is 11.9. The van der Waals surface area contributed by atoms with E-state index in [4.69, 9.17) is 37.9 Å². The van der Waals surface area contributed by atoms with Crippen molar-refractivity contribution in [2.75, 3.05) is 52.9 Å². The molecule has 0 N–H and O–H groups in total. The molecule has 16 nitrogen and oxygen atoms in total. The zero-order valence-electron chi connectivity index (χ0n) is 38.7. The summed E-state index contributed by atoms with van der Waals surface area (Å²) in [5.74, 6) is 15.3. The molecule has 1 rings (SSSR count). The fourth-order valence-corrected chi connectivity index (χ4v) is 6.48. The van der Waals surface area contributed by atoms with Gasteiger partial charge in [0.05, 0.1) is 52.9 Å². The molecule has 0 aliphatic heterocycles. The van der Waals surface area contributed by atoms with Gasteiger partial charge in [0.25, 0.3) is 0 Å². The minimum atomic E-state index is -2.04. The van der Waals surface area contributed by atoms with E-state index in [2.05, 4.69) is 47.4 Å². The van der Waals surface area contributed by atoms with Crippen LogP contribution >= 0.6 is 0 Å². The van der Waals surface area contributed by atoms with E-state index in [1.54, 1.807) is 55.4 Å². The van der Waals surface area contributed by atoms with Crippen molar-refractivity contribution in [3.8, 4) is 47.4 Å². The number of hydrogen-bond donors (Lipinski definition) is 0. The summed E-state index contributed by atoms with van der Waals surface area (Å²) >= 11 is 0. The molecule has 0 heterocycles. The van der Waals surface area contributed by atoms with Gasteiger partial charge in [0, 0.05) is 51.4 Å². The second kappa shape index (κ2) is 29.4. The van der Waals surface area contributed by atoms with Crippen LogP contribution in [0, 0.1) is 69.0 Å². The van der Waals surface area contributed by atoms with Crippen LogP contribution in [0.2, 0.25) is 0 Å². The maximum absolute atomic E-state index is 13.6. The van der Waals surface area contributed by atoms with E-state index >= 15 is 0 Å². The molecule has 0 fully saturated rings. The number of ether oxygens (including phenoxy) is 8.